The standard InChI is InChI=1S/C10H9F2N3O2S2/c11-9(12)19(16,17)15-10-14-8(5-18-10)6-1-3-7(13)4-2-6/h1-5,9H,13H2,(H,14,15). The second kappa shape index (κ2) is 5.10. The Kier molecular flexibility index (Phi) is 3.67. The lowest BCUT2D eigenvalue weighted by Gasteiger charge is -2.02. The quantitative estimate of drug-likeness (QED) is 0.849. The molecule has 1 heterocycles. The van der Waals surface area contributed by atoms with Gasteiger partial charge in [0.1, 0.15) is 0 Å². The molecule has 0 aliphatic carbocycles. The molecule has 0 unspecified atom stereocenters. The number of rotatable bonds is 4. The molecule has 9 heteroatoms. The van der Waals surface area contributed by atoms with Crippen molar-refractivity contribution in [1.82, 2.24) is 4.98 Å². The second-order valence-corrected chi connectivity index (χ2v) is 6.08. The molecule has 3 N–H and O–H groups in total. The number of thiazole rings is 1. The Bertz CT molecular complexity index is 668. The van der Waals surface area contributed by atoms with E-state index in [1.54, 1.807) is 34.4 Å². The van der Waals surface area contributed by atoms with Crippen molar-refractivity contribution in [1.29, 1.82) is 0 Å². The third-order valence-electron chi connectivity index (χ3n) is 2.17. The first-order chi connectivity index (χ1) is 8.88. The summed E-state index contributed by atoms with van der Waals surface area (Å²) in [4.78, 5) is 3.93. The molecule has 0 saturated carbocycles. The Morgan fingerprint density at radius 1 is 1.26 bits per heavy atom. The molecule has 102 valence electrons. The van der Waals surface area contributed by atoms with Crippen LogP contribution < -0.4 is 10.5 Å². The van der Waals surface area contributed by atoms with Crippen molar-refractivity contribution in [3.63, 3.8) is 0 Å². The van der Waals surface area contributed by atoms with Gasteiger partial charge < -0.3 is 5.73 Å². The number of benzene rings is 1. The highest BCUT2D eigenvalue weighted by atomic mass is 32.2. The van der Waals surface area contributed by atoms with Gasteiger partial charge in [-0.25, -0.2) is 13.4 Å². The Labute approximate surface area is 112 Å². The van der Waals surface area contributed by atoms with Crippen LogP contribution in [0.3, 0.4) is 0 Å². The van der Waals surface area contributed by atoms with Crippen LogP contribution in [0.4, 0.5) is 19.6 Å². The van der Waals surface area contributed by atoms with Crippen LogP contribution in [0.5, 0.6) is 0 Å². The molecule has 5 nitrogen and oxygen atoms in total. The van der Waals surface area contributed by atoms with Crippen LogP contribution in [0, 0.1) is 0 Å². The zero-order valence-corrected chi connectivity index (χ0v) is 11.0. The number of hydrogen-bond donors (Lipinski definition) is 2. The molecular formula is C10H9F2N3O2S2. The van der Waals surface area contributed by atoms with Gasteiger partial charge in [-0.3, -0.25) is 4.72 Å². The molecule has 1 aromatic carbocycles. The van der Waals surface area contributed by atoms with Crippen molar-refractivity contribution in [3.05, 3.63) is 29.6 Å². The van der Waals surface area contributed by atoms with Gasteiger partial charge in [-0.1, -0.05) is 12.1 Å². The molecule has 0 aliphatic heterocycles. The van der Waals surface area contributed by atoms with E-state index in [0.717, 1.165) is 11.3 Å². The Hall–Kier alpha value is -1.74. The van der Waals surface area contributed by atoms with Crippen molar-refractivity contribution in [2.75, 3.05) is 10.5 Å². The first kappa shape index (κ1) is 13.7. The van der Waals surface area contributed by atoms with Gasteiger partial charge in [0.25, 0.3) is 10.0 Å². The van der Waals surface area contributed by atoms with Crippen molar-refractivity contribution >= 4 is 32.2 Å². The molecule has 0 aliphatic rings. The fourth-order valence-corrected chi connectivity index (χ4v) is 2.76. The zero-order chi connectivity index (χ0) is 14.0. The van der Waals surface area contributed by atoms with Gasteiger partial charge in [0, 0.05) is 16.6 Å². The molecule has 2 aromatic rings. The number of aromatic nitrogens is 1. The van der Waals surface area contributed by atoms with E-state index in [1.165, 1.54) is 0 Å². The molecule has 19 heavy (non-hydrogen) atoms. The topological polar surface area (TPSA) is 85.1 Å². The number of hydrogen-bond acceptors (Lipinski definition) is 5. The monoisotopic (exact) mass is 305 g/mol. The minimum Gasteiger partial charge on any atom is -0.399 e. The van der Waals surface area contributed by atoms with Crippen LogP contribution in [0.25, 0.3) is 11.3 Å². The highest BCUT2D eigenvalue weighted by molar-refractivity contribution is 7.93. The predicted molar refractivity (Wildman–Crippen MR) is 70.5 cm³/mol. The number of sulfonamides is 1. The van der Waals surface area contributed by atoms with Crippen LogP contribution in [0.1, 0.15) is 0 Å². The maximum Gasteiger partial charge on any atom is 0.355 e. The predicted octanol–water partition coefficient (Wildman–Crippen LogP) is 2.36. The van der Waals surface area contributed by atoms with E-state index in [-0.39, 0.29) is 5.13 Å². The summed E-state index contributed by atoms with van der Waals surface area (Å²) in [6.45, 7) is 0. The van der Waals surface area contributed by atoms with E-state index in [0.29, 0.717) is 16.9 Å². The van der Waals surface area contributed by atoms with E-state index >= 15 is 0 Å². The number of nitrogens with one attached hydrogen (secondary N) is 1. The van der Waals surface area contributed by atoms with Gasteiger partial charge in [0.15, 0.2) is 5.13 Å². The molecule has 1 aromatic heterocycles. The second-order valence-electron chi connectivity index (χ2n) is 3.57. The highest BCUT2D eigenvalue weighted by Crippen LogP contribution is 2.26. The first-order valence-corrected chi connectivity index (χ1v) is 7.42. The molecule has 2 rings (SSSR count). The van der Waals surface area contributed by atoms with E-state index in [4.69, 9.17) is 5.73 Å². The molecule has 0 radical (unpaired) electrons. The lowest BCUT2D eigenvalue weighted by atomic mass is 10.2. The first-order valence-electron chi connectivity index (χ1n) is 5.00. The van der Waals surface area contributed by atoms with Gasteiger partial charge in [0.05, 0.1) is 5.69 Å². The third-order valence-corrected chi connectivity index (χ3v) is 4.01. The zero-order valence-electron chi connectivity index (χ0n) is 9.38. The van der Waals surface area contributed by atoms with E-state index in [9.17, 15) is 17.2 Å². The maximum atomic E-state index is 12.2. The number of nitrogens with two attached hydrogens (primary N) is 1. The third kappa shape index (κ3) is 3.18. The number of nitrogen functional groups attached to an aromatic ring is 1. The van der Waals surface area contributed by atoms with Crippen LogP contribution in [0.15, 0.2) is 29.6 Å². The number of nitrogens with zero attached hydrogens (tertiary/aromatic N) is 1. The molecule has 0 saturated heterocycles. The normalized spacial score (nSPS) is 11.7. The lowest BCUT2D eigenvalue weighted by molar-refractivity contribution is 0.236. The SMILES string of the molecule is Nc1ccc(-c2csc(NS(=O)(=O)C(F)F)n2)cc1. The largest absolute Gasteiger partial charge is 0.399 e. The van der Waals surface area contributed by atoms with Gasteiger partial charge >= 0.3 is 5.76 Å². The van der Waals surface area contributed by atoms with Crippen LogP contribution in [0.2, 0.25) is 0 Å². The van der Waals surface area contributed by atoms with Gasteiger partial charge in [-0.05, 0) is 12.1 Å². The van der Waals surface area contributed by atoms with Gasteiger partial charge in [-0.2, -0.15) is 8.78 Å². The Balaban J connectivity index is 2.22. The summed E-state index contributed by atoms with van der Waals surface area (Å²) < 4.78 is 48.1. The summed E-state index contributed by atoms with van der Waals surface area (Å²) in [5.41, 5.74) is 7.31. The van der Waals surface area contributed by atoms with Crippen LogP contribution >= 0.6 is 11.3 Å². The summed E-state index contributed by atoms with van der Waals surface area (Å²) in [5.74, 6) is -3.49. The Morgan fingerprint density at radius 2 is 1.89 bits per heavy atom. The Morgan fingerprint density at radius 3 is 2.47 bits per heavy atom. The van der Waals surface area contributed by atoms with Gasteiger partial charge in [0.2, 0.25) is 0 Å². The molecule has 0 spiro atoms. The van der Waals surface area contributed by atoms with Crippen molar-refractivity contribution < 1.29 is 17.2 Å². The summed E-state index contributed by atoms with van der Waals surface area (Å²) in [6.07, 6.45) is 0. The summed E-state index contributed by atoms with van der Waals surface area (Å²) in [7, 11) is -4.68. The summed E-state index contributed by atoms with van der Waals surface area (Å²) >= 11 is 0.927. The average Bonchev–Trinajstić information content (AvgIpc) is 2.77. The maximum absolute atomic E-state index is 12.2. The number of anilines is 2. The van der Waals surface area contributed by atoms with Crippen LogP contribution in [-0.2, 0) is 10.0 Å². The number of alkyl halides is 2. The van der Waals surface area contributed by atoms with Crippen LogP contribution in [-0.4, -0.2) is 19.2 Å². The molecule has 0 fully saturated rings. The van der Waals surface area contributed by atoms with Crippen molar-refractivity contribution in [2.45, 2.75) is 5.76 Å². The van der Waals surface area contributed by atoms with E-state index in [1.807, 2.05) is 0 Å². The fraction of sp³-hybridized carbons (Fsp3) is 0.100. The molecule has 0 amide bonds. The average molecular weight is 305 g/mol. The summed E-state index contributed by atoms with van der Waals surface area (Å²) in [6, 6.07) is 6.74. The van der Waals surface area contributed by atoms with E-state index < -0.39 is 15.8 Å². The van der Waals surface area contributed by atoms with E-state index in [2.05, 4.69) is 4.98 Å². The smallest absolute Gasteiger partial charge is 0.355 e. The molecular weight excluding hydrogens is 296 g/mol. The fourth-order valence-electron chi connectivity index (χ4n) is 1.27. The minimum atomic E-state index is -4.68. The van der Waals surface area contributed by atoms with Crippen molar-refractivity contribution in [3.8, 4) is 11.3 Å². The highest BCUT2D eigenvalue weighted by Gasteiger charge is 2.24. The number of halogens is 2. The van der Waals surface area contributed by atoms with Crippen molar-refractivity contribution in [2.24, 2.45) is 0 Å². The molecule has 0 bridgehead atoms. The molecule has 0 atom stereocenters. The lowest BCUT2D eigenvalue weighted by Crippen LogP contribution is -2.20. The van der Waals surface area contributed by atoms with Gasteiger partial charge in [-0.15, -0.1) is 11.3 Å². The minimum absolute atomic E-state index is 0.105. The summed E-state index contributed by atoms with van der Waals surface area (Å²) in [5, 5.41) is 1.46.